The summed E-state index contributed by atoms with van der Waals surface area (Å²) in [5, 5.41) is 1.08. The Morgan fingerprint density at radius 2 is 2.31 bits per heavy atom. The van der Waals surface area contributed by atoms with Gasteiger partial charge in [-0.15, -0.1) is 0 Å². The lowest BCUT2D eigenvalue weighted by Crippen LogP contribution is -2.34. The smallest absolute Gasteiger partial charge is 0.240 e. The molecule has 0 spiro atoms. The fourth-order valence-corrected chi connectivity index (χ4v) is 1.50. The molecule has 16 heavy (non-hydrogen) atoms. The van der Waals surface area contributed by atoms with E-state index in [-0.39, 0.29) is 12.3 Å². The minimum Gasteiger partial charge on any atom is -0.441 e. The number of benzene rings is 1. The van der Waals surface area contributed by atoms with E-state index in [2.05, 4.69) is 4.98 Å². The first kappa shape index (κ1) is 10.6. The molecule has 1 heterocycles. The van der Waals surface area contributed by atoms with Crippen LogP contribution >= 0.6 is 0 Å². The molecular formula is C11H13N3O2. The van der Waals surface area contributed by atoms with E-state index in [1.807, 2.05) is 18.2 Å². The van der Waals surface area contributed by atoms with Gasteiger partial charge in [0.2, 0.25) is 5.91 Å². The summed E-state index contributed by atoms with van der Waals surface area (Å²) in [6, 6.07) is 5.50. The highest BCUT2D eigenvalue weighted by molar-refractivity contribution is 5.80. The second kappa shape index (κ2) is 3.94. The van der Waals surface area contributed by atoms with Crippen molar-refractivity contribution >= 4 is 17.0 Å². The number of carbonyl (C=O) groups is 1. The van der Waals surface area contributed by atoms with Crippen molar-refractivity contribution < 1.29 is 9.21 Å². The van der Waals surface area contributed by atoms with Crippen molar-refractivity contribution in [1.29, 1.82) is 0 Å². The van der Waals surface area contributed by atoms with Crippen molar-refractivity contribution in [3.05, 3.63) is 29.7 Å². The highest BCUT2D eigenvalue weighted by atomic mass is 16.3. The van der Waals surface area contributed by atoms with Crippen LogP contribution < -0.4 is 5.84 Å². The maximum absolute atomic E-state index is 11.4. The average Bonchev–Trinajstić information content (AvgIpc) is 2.57. The summed E-state index contributed by atoms with van der Waals surface area (Å²) in [6.07, 6.45) is 0.273. The average molecular weight is 219 g/mol. The van der Waals surface area contributed by atoms with Crippen molar-refractivity contribution in [1.82, 2.24) is 9.99 Å². The molecule has 84 valence electrons. The molecule has 5 nitrogen and oxygen atoms in total. The number of aromatic nitrogens is 1. The molecule has 1 aromatic carbocycles. The minimum atomic E-state index is -0.139. The Morgan fingerprint density at radius 1 is 1.56 bits per heavy atom. The van der Waals surface area contributed by atoms with Crippen molar-refractivity contribution in [2.75, 3.05) is 7.05 Å². The molecule has 0 saturated heterocycles. The first-order valence-corrected chi connectivity index (χ1v) is 4.93. The highest BCUT2D eigenvalue weighted by Crippen LogP contribution is 2.17. The third-order valence-corrected chi connectivity index (χ3v) is 2.31. The van der Waals surface area contributed by atoms with Crippen molar-refractivity contribution in [2.24, 2.45) is 5.84 Å². The number of hydrogen-bond donors (Lipinski definition) is 1. The van der Waals surface area contributed by atoms with E-state index < -0.39 is 0 Å². The predicted octanol–water partition coefficient (Wildman–Crippen LogP) is 1.01. The van der Waals surface area contributed by atoms with Gasteiger partial charge in [-0.3, -0.25) is 9.80 Å². The normalized spacial score (nSPS) is 10.7. The predicted molar refractivity (Wildman–Crippen MR) is 59.4 cm³/mol. The molecular weight excluding hydrogens is 206 g/mol. The number of hydrogen-bond acceptors (Lipinski definition) is 4. The lowest BCUT2D eigenvalue weighted by molar-refractivity contribution is -0.129. The number of amides is 1. The highest BCUT2D eigenvalue weighted by Gasteiger charge is 2.08. The van der Waals surface area contributed by atoms with Crippen LogP contribution in [-0.2, 0) is 11.2 Å². The fourth-order valence-electron chi connectivity index (χ4n) is 1.50. The molecule has 0 fully saturated rings. The van der Waals surface area contributed by atoms with Gasteiger partial charge >= 0.3 is 0 Å². The van der Waals surface area contributed by atoms with Crippen LogP contribution in [0.5, 0.6) is 0 Å². The van der Waals surface area contributed by atoms with Gasteiger partial charge in [0.05, 0.1) is 6.42 Å². The summed E-state index contributed by atoms with van der Waals surface area (Å²) in [5.41, 5.74) is 2.38. The third kappa shape index (κ3) is 2.04. The van der Waals surface area contributed by atoms with Gasteiger partial charge in [0.1, 0.15) is 5.52 Å². The zero-order chi connectivity index (χ0) is 11.7. The van der Waals surface area contributed by atoms with Crippen molar-refractivity contribution in [3.8, 4) is 0 Å². The van der Waals surface area contributed by atoms with Gasteiger partial charge < -0.3 is 4.42 Å². The lowest BCUT2D eigenvalue weighted by Gasteiger charge is -2.09. The number of nitrogens with two attached hydrogens (primary N) is 1. The van der Waals surface area contributed by atoms with E-state index in [0.717, 1.165) is 21.7 Å². The SMILES string of the molecule is Cc1nc2cc(CC(=O)N(C)N)ccc2o1. The summed E-state index contributed by atoms with van der Waals surface area (Å²) in [7, 11) is 1.53. The quantitative estimate of drug-likeness (QED) is 0.465. The van der Waals surface area contributed by atoms with Gasteiger partial charge in [0.15, 0.2) is 11.5 Å². The zero-order valence-corrected chi connectivity index (χ0v) is 9.23. The second-order valence-electron chi connectivity index (χ2n) is 3.72. The van der Waals surface area contributed by atoms with Crippen LogP contribution in [0.15, 0.2) is 22.6 Å². The van der Waals surface area contributed by atoms with Crippen molar-refractivity contribution in [2.45, 2.75) is 13.3 Å². The van der Waals surface area contributed by atoms with Crippen LogP contribution in [-0.4, -0.2) is 22.9 Å². The Labute approximate surface area is 92.8 Å². The number of hydrazine groups is 1. The summed E-state index contributed by atoms with van der Waals surface area (Å²) >= 11 is 0. The van der Waals surface area contributed by atoms with E-state index in [9.17, 15) is 4.79 Å². The summed E-state index contributed by atoms with van der Waals surface area (Å²) < 4.78 is 5.34. The number of fused-ring (bicyclic) bond motifs is 1. The molecule has 0 aliphatic rings. The Morgan fingerprint density at radius 3 is 3.00 bits per heavy atom. The number of nitrogens with zero attached hydrogens (tertiary/aromatic N) is 2. The van der Waals surface area contributed by atoms with Gasteiger partial charge in [-0.1, -0.05) is 6.07 Å². The van der Waals surface area contributed by atoms with Crippen molar-refractivity contribution in [3.63, 3.8) is 0 Å². The number of likely N-dealkylation sites (N-methyl/N-ethyl adjacent to an activating group) is 1. The molecule has 2 aromatic rings. The minimum absolute atomic E-state index is 0.139. The van der Waals surface area contributed by atoms with Crippen LogP contribution in [0.4, 0.5) is 0 Å². The van der Waals surface area contributed by atoms with Gasteiger partial charge in [0, 0.05) is 14.0 Å². The number of carbonyl (C=O) groups excluding carboxylic acids is 1. The van der Waals surface area contributed by atoms with Crippen LogP contribution in [0.1, 0.15) is 11.5 Å². The topological polar surface area (TPSA) is 72.4 Å². The maximum Gasteiger partial charge on any atom is 0.240 e. The van der Waals surface area contributed by atoms with E-state index >= 15 is 0 Å². The molecule has 2 rings (SSSR count). The molecule has 0 atom stereocenters. The van der Waals surface area contributed by atoms with Crippen LogP contribution in [0.3, 0.4) is 0 Å². The second-order valence-corrected chi connectivity index (χ2v) is 3.72. The molecule has 1 amide bonds. The van der Waals surface area contributed by atoms with Gasteiger partial charge in [-0.25, -0.2) is 10.8 Å². The van der Waals surface area contributed by atoms with E-state index in [1.54, 1.807) is 6.92 Å². The Bertz CT molecular complexity index is 531. The summed E-state index contributed by atoms with van der Waals surface area (Å²) in [5.74, 6) is 5.83. The molecule has 0 aliphatic carbocycles. The maximum atomic E-state index is 11.4. The molecule has 1 aromatic heterocycles. The lowest BCUT2D eigenvalue weighted by atomic mass is 10.1. The fraction of sp³-hybridized carbons (Fsp3) is 0.273. The summed E-state index contributed by atoms with van der Waals surface area (Å²) in [4.78, 5) is 15.6. The molecule has 2 N–H and O–H groups in total. The molecule has 5 heteroatoms. The van der Waals surface area contributed by atoms with E-state index in [4.69, 9.17) is 10.3 Å². The molecule has 0 unspecified atom stereocenters. The van der Waals surface area contributed by atoms with E-state index in [1.165, 1.54) is 7.05 Å². The zero-order valence-electron chi connectivity index (χ0n) is 9.23. The van der Waals surface area contributed by atoms with Gasteiger partial charge in [-0.05, 0) is 17.7 Å². The first-order valence-electron chi connectivity index (χ1n) is 4.93. The Hall–Kier alpha value is -1.88. The third-order valence-electron chi connectivity index (χ3n) is 2.31. The van der Waals surface area contributed by atoms with Crippen LogP contribution in [0.2, 0.25) is 0 Å². The van der Waals surface area contributed by atoms with Crippen LogP contribution in [0.25, 0.3) is 11.1 Å². The Kier molecular flexibility index (Phi) is 2.62. The summed E-state index contributed by atoms with van der Waals surface area (Å²) in [6.45, 7) is 1.79. The molecule has 0 saturated carbocycles. The molecule has 0 bridgehead atoms. The standard InChI is InChI=1S/C11H13N3O2/c1-7-13-9-5-8(3-4-10(9)16-7)6-11(15)14(2)12/h3-5H,6,12H2,1-2H3. The monoisotopic (exact) mass is 219 g/mol. The van der Waals surface area contributed by atoms with E-state index in [0.29, 0.717) is 5.89 Å². The molecule has 0 radical (unpaired) electrons. The van der Waals surface area contributed by atoms with Gasteiger partial charge in [-0.2, -0.15) is 0 Å². The number of aryl methyl sites for hydroxylation is 1. The first-order chi connectivity index (χ1) is 7.56. The number of rotatable bonds is 2. The Balaban J connectivity index is 2.29. The number of oxazole rings is 1. The largest absolute Gasteiger partial charge is 0.441 e. The van der Waals surface area contributed by atoms with Crippen LogP contribution in [0, 0.1) is 6.92 Å². The molecule has 0 aliphatic heterocycles. The van der Waals surface area contributed by atoms with Gasteiger partial charge in [0.25, 0.3) is 0 Å².